The molecule has 0 aliphatic carbocycles. The van der Waals surface area contributed by atoms with Crippen molar-refractivity contribution < 1.29 is 19.4 Å². The number of nitrogens with one attached hydrogen (secondary N) is 1. The number of carbonyl (C=O) groups excluding carboxylic acids is 1. The van der Waals surface area contributed by atoms with E-state index in [1.54, 1.807) is 0 Å². The molecule has 0 atom stereocenters. The quantitative estimate of drug-likeness (QED) is 0.538. The van der Waals surface area contributed by atoms with Crippen LogP contribution >= 0.6 is 11.3 Å². The Morgan fingerprint density at radius 1 is 1.40 bits per heavy atom. The third kappa shape index (κ3) is 5.26. The molecule has 7 heteroatoms. The highest BCUT2D eigenvalue weighted by Gasteiger charge is 2.20. The van der Waals surface area contributed by atoms with Gasteiger partial charge in [-0.3, -0.25) is 4.79 Å². The van der Waals surface area contributed by atoms with Gasteiger partial charge in [-0.15, -0.1) is 0 Å². The average Bonchev–Trinajstić information content (AvgIpc) is 2.77. The lowest BCUT2D eigenvalue weighted by Crippen LogP contribution is -2.11. The molecule has 0 aliphatic rings. The van der Waals surface area contributed by atoms with E-state index in [1.807, 2.05) is 0 Å². The molecule has 0 saturated heterocycles. The highest BCUT2D eigenvalue weighted by molar-refractivity contribution is 7.17. The van der Waals surface area contributed by atoms with E-state index in [4.69, 9.17) is 9.84 Å². The Bertz CT molecular complexity index is 439. The second-order valence-electron chi connectivity index (χ2n) is 4.78. The van der Waals surface area contributed by atoms with E-state index in [0.717, 1.165) is 17.8 Å². The van der Waals surface area contributed by atoms with Crippen LogP contribution in [-0.2, 0) is 4.74 Å². The number of aromatic nitrogens is 1. The first-order valence-electron chi connectivity index (χ1n) is 6.48. The summed E-state index contributed by atoms with van der Waals surface area (Å²) in [5.41, 5.74) is -0.189. The maximum absolute atomic E-state index is 11.3. The van der Waals surface area contributed by atoms with Crippen LogP contribution in [0.25, 0.3) is 0 Å². The Morgan fingerprint density at radius 2 is 2.10 bits per heavy atom. The van der Waals surface area contributed by atoms with E-state index in [9.17, 15) is 9.59 Å². The summed E-state index contributed by atoms with van der Waals surface area (Å²) < 4.78 is 5.43. The van der Waals surface area contributed by atoms with Crippen LogP contribution in [0.2, 0.25) is 0 Å². The van der Waals surface area contributed by atoms with E-state index < -0.39 is 5.97 Å². The molecular weight excluding hydrogens is 280 g/mol. The van der Waals surface area contributed by atoms with Gasteiger partial charge in [-0.25, -0.2) is 9.78 Å². The fourth-order valence-electron chi connectivity index (χ4n) is 1.43. The number of hydrogen-bond donors (Lipinski definition) is 2. The van der Waals surface area contributed by atoms with Gasteiger partial charge in [-0.05, 0) is 12.3 Å². The lowest BCUT2D eigenvalue weighted by molar-refractivity contribution is 0.0687. The molecule has 2 N–H and O–H groups in total. The maximum atomic E-state index is 11.3. The summed E-state index contributed by atoms with van der Waals surface area (Å²) in [6.07, 6.45) is 1.01. The Hall–Kier alpha value is -1.47. The fraction of sp³-hybridized carbons (Fsp3) is 0.615. The van der Waals surface area contributed by atoms with Gasteiger partial charge in [-0.2, -0.15) is 0 Å². The predicted octanol–water partition coefficient (Wildman–Crippen LogP) is 2.52. The van der Waals surface area contributed by atoms with Gasteiger partial charge in [0.1, 0.15) is 4.88 Å². The van der Waals surface area contributed by atoms with Gasteiger partial charge < -0.3 is 15.2 Å². The van der Waals surface area contributed by atoms with Crippen molar-refractivity contribution >= 4 is 28.2 Å². The molecule has 1 heterocycles. The highest BCUT2D eigenvalue weighted by Crippen LogP contribution is 2.23. The van der Waals surface area contributed by atoms with E-state index in [2.05, 4.69) is 24.1 Å². The number of thiazole rings is 1. The van der Waals surface area contributed by atoms with E-state index >= 15 is 0 Å². The number of hydrogen-bond acceptors (Lipinski definition) is 6. The largest absolute Gasteiger partial charge is 0.476 e. The molecule has 0 amide bonds. The Labute approximate surface area is 122 Å². The van der Waals surface area contributed by atoms with Crippen LogP contribution < -0.4 is 5.32 Å². The number of Topliss-reactive ketones (excluding diaryl/α,β-unsaturated/α-hetero) is 1. The van der Waals surface area contributed by atoms with E-state index in [-0.39, 0.29) is 16.4 Å². The van der Waals surface area contributed by atoms with Gasteiger partial charge in [0.15, 0.2) is 16.6 Å². The number of aromatic carboxylic acids is 1. The topological polar surface area (TPSA) is 88.5 Å². The van der Waals surface area contributed by atoms with Crippen LogP contribution in [-0.4, -0.2) is 41.6 Å². The summed E-state index contributed by atoms with van der Waals surface area (Å²) in [5.74, 6) is -0.869. The Kier molecular flexibility index (Phi) is 6.60. The summed E-state index contributed by atoms with van der Waals surface area (Å²) in [4.78, 5) is 26.4. The summed E-state index contributed by atoms with van der Waals surface area (Å²) >= 11 is 1.06. The van der Waals surface area contributed by atoms with Gasteiger partial charge in [0.05, 0.1) is 6.61 Å². The van der Waals surface area contributed by atoms with Crippen molar-refractivity contribution in [1.82, 2.24) is 4.98 Å². The average molecular weight is 300 g/mol. The SMILES string of the molecule is CC(=O)c1sc(NCCOCCC(C)C)nc1C(=O)O. The molecule has 1 aromatic heterocycles. The van der Waals surface area contributed by atoms with Crippen molar-refractivity contribution in [2.45, 2.75) is 27.2 Å². The zero-order chi connectivity index (χ0) is 15.1. The second kappa shape index (κ2) is 7.96. The first kappa shape index (κ1) is 16.6. The van der Waals surface area contributed by atoms with Crippen LogP contribution in [0.5, 0.6) is 0 Å². The standard InChI is InChI=1S/C13H20N2O4S/c1-8(2)4-6-19-7-5-14-13-15-10(12(17)18)11(20-13)9(3)16/h8H,4-7H2,1-3H3,(H,14,15)(H,17,18). The van der Waals surface area contributed by atoms with Crippen molar-refractivity contribution in [1.29, 1.82) is 0 Å². The lowest BCUT2D eigenvalue weighted by atomic mass is 10.1. The minimum absolute atomic E-state index is 0.167. The number of rotatable bonds is 9. The summed E-state index contributed by atoms with van der Waals surface area (Å²) in [7, 11) is 0. The Morgan fingerprint density at radius 3 is 2.60 bits per heavy atom. The highest BCUT2D eigenvalue weighted by atomic mass is 32.1. The molecular formula is C13H20N2O4S. The second-order valence-corrected chi connectivity index (χ2v) is 5.78. The summed E-state index contributed by atoms with van der Waals surface area (Å²) in [6, 6.07) is 0. The van der Waals surface area contributed by atoms with Crippen LogP contribution in [0.1, 0.15) is 47.4 Å². The third-order valence-electron chi connectivity index (χ3n) is 2.51. The van der Waals surface area contributed by atoms with Crippen molar-refractivity contribution in [3.8, 4) is 0 Å². The third-order valence-corrected chi connectivity index (χ3v) is 3.63. The van der Waals surface area contributed by atoms with Crippen molar-refractivity contribution in [3.63, 3.8) is 0 Å². The zero-order valence-electron chi connectivity index (χ0n) is 11.9. The number of ether oxygens (including phenoxy) is 1. The number of carboxylic acid groups (broad SMARTS) is 1. The van der Waals surface area contributed by atoms with Crippen LogP contribution in [0.15, 0.2) is 0 Å². The van der Waals surface area contributed by atoms with Gasteiger partial charge >= 0.3 is 5.97 Å². The molecule has 0 bridgehead atoms. The number of carbonyl (C=O) groups is 2. The fourth-order valence-corrected chi connectivity index (χ4v) is 2.31. The molecule has 0 spiro atoms. The molecule has 1 rings (SSSR count). The first-order chi connectivity index (χ1) is 9.41. The van der Waals surface area contributed by atoms with Crippen LogP contribution in [0.3, 0.4) is 0 Å². The summed E-state index contributed by atoms with van der Waals surface area (Å²) in [6.45, 7) is 7.35. The minimum atomic E-state index is -1.19. The molecule has 112 valence electrons. The number of carboxylic acids is 1. The van der Waals surface area contributed by atoms with Gasteiger partial charge in [0.25, 0.3) is 0 Å². The van der Waals surface area contributed by atoms with Gasteiger partial charge in [-0.1, -0.05) is 25.2 Å². The normalized spacial score (nSPS) is 10.8. The minimum Gasteiger partial charge on any atom is -0.476 e. The molecule has 1 aromatic rings. The smallest absolute Gasteiger partial charge is 0.356 e. The first-order valence-corrected chi connectivity index (χ1v) is 7.30. The van der Waals surface area contributed by atoms with Crippen LogP contribution in [0.4, 0.5) is 5.13 Å². The predicted molar refractivity (Wildman–Crippen MR) is 77.8 cm³/mol. The summed E-state index contributed by atoms with van der Waals surface area (Å²) in [5, 5.41) is 12.4. The zero-order valence-corrected chi connectivity index (χ0v) is 12.7. The molecule has 0 fully saturated rings. The molecule has 0 unspecified atom stereocenters. The van der Waals surface area contributed by atoms with Crippen molar-refractivity contribution in [2.24, 2.45) is 5.92 Å². The molecule has 0 aliphatic heterocycles. The number of nitrogens with zero attached hydrogens (tertiary/aromatic N) is 1. The lowest BCUT2D eigenvalue weighted by Gasteiger charge is -2.06. The molecule has 6 nitrogen and oxygen atoms in total. The molecule has 20 heavy (non-hydrogen) atoms. The maximum Gasteiger partial charge on any atom is 0.356 e. The van der Waals surface area contributed by atoms with E-state index in [0.29, 0.717) is 30.8 Å². The van der Waals surface area contributed by atoms with Gasteiger partial charge in [0, 0.05) is 20.1 Å². The van der Waals surface area contributed by atoms with Crippen molar-refractivity contribution in [2.75, 3.05) is 25.1 Å². The molecule has 0 aromatic carbocycles. The molecule has 0 saturated carbocycles. The van der Waals surface area contributed by atoms with Crippen molar-refractivity contribution in [3.05, 3.63) is 10.6 Å². The van der Waals surface area contributed by atoms with Gasteiger partial charge in [0.2, 0.25) is 0 Å². The Balaban J connectivity index is 2.43. The monoisotopic (exact) mass is 300 g/mol. The van der Waals surface area contributed by atoms with Crippen LogP contribution in [0, 0.1) is 5.92 Å². The van der Waals surface area contributed by atoms with E-state index in [1.165, 1.54) is 6.92 Å². The number of ketones is 1. The molecule has 0 radical (unpaired) electrons. The number of anilines is 1.